The molecular formula is C13H19N3O3. The molecule has 3 rings (SSSR count). The topological polar surface area (TPSA) is 65.4 Å². The fraction of sp³-hybridized carbons (Fsp3) is 0.692. The maximum absolute atomic E-state index is 12.0. The molecule has 1 amide bonds. The molecule has 104 valence electrons. The van der Waals surface area contributed by atoms with Crippen LogP contribution < -0.4 is 5.48 Å². The minimum Gasteiger partial charge on any atom is -0.350 e. The molecule has 1 aromatic heterocycles. The third-order valence-electron chi connectivity index (χ3n) is 3.76. The van der Waals surface area contributed by atoms with E-state index in [-0.39, 0.29) is 18.1 Å². The number of carbonyl (C=O) groups is 1. The van der Waals surface area contributed by atoms with Gasteiger partial charge in [0.2, 0.25) is 5.91 Å². The summed E-state index contributed by atoms with van der Waals surface area (Å²) in [6.07, 6.45) is 8.08. The number of hydrogen-bond donors (Lipinski definition) is 1. The monoisotopic (exact) mass is 265 g/mol. The first-order chi connectivity index (χ1) is 9.33. The fourth-order valence-corrected chi connectivity index (χ4v) is 2.60. The molecule has 0 aromatic carbocycles. The number of aromatic nitrogens is 2. The highest BCUT2D eigenvalue weighted by Gasteiger charge is 2.25. The molecule has 0 aliphatic carbocycles. The Hall–Kier alpha value is -1.40. The highest BCUT2D eigenvalue weighted by molar-refractivity contribution is 5.77. The summed E-state index contributed by atoms with van der Waals surface area (Å²) >= 11 is 0. The zero-order valence-corrected chi connectivity index (χ0v) is 10.9. The molecule has 1 fully saturated rings. The van der Waals surface area contributed by atoms with Crippen LogP contribution in [-0.4, -0.2) is 28.4 Å². The van der Waals surface area contributed by atoms with Crippen LogP contribution in [0.1, 0.15) is 31.4 Å². The molecule has 0 radical (unpaired) electrons. The molecule has 2 aliphatic heterocycles. The van der Waals surface area contributed by atoms with Crippen molar-refractivity contribution in [2.24, 2.45) is 5.92 Å². The number of fused-ring (bicyclic) bond motifs is 1. The molecule has 1 N–H and O–H groups in total. The predicted molar refractivity (Wildman–Crippen MR) is 66.9 cm³/mol. The maximum atomic E-state index is 12.0. The van der Waals surface area contributed by atoms with Gasteiger partial charge in [0.1, 0.15) is 0 Å². The van der Waals surface area contributed by atoms with Crippen LogP contribution in [0.2, 0.25) is 0 Å². The number of hydrogen-bond acceptors (Lipinski definition) is 4. The Morgan fingerprint density at radius 3 is 3.26 bits per heavy atom. The molecule has 2 unspecified atom stereocenters. The second-order valence-electron chi connectivity index (χ2n) is 5.15. The Morgan fingerprint density at radius 1 is 1.47 bits per heavy atom. The number of imidazole rings is 1. The van der Waals surface area contributed by atoms with Crippen molar-refractivity contribution in [3.8, 4) is 0 Å². The number of amides is 1. The number of hydroxylamine groups is 1. The smallest absolute Gasteiger partial charge is 0.248 e. The second-order valence-corrected chi connectivity index (χ2v) is 5.15. The van der Waals surface area contributed by atoms with Gasteiger partial charge in [-0.3, -0.25) is 4.79 Å². The largest absolute Gasteiger partial charge is 0.350 e. The van der Waals surface area contributed by atoms with Gasteiger partial charge in [0.15, 0.2) is 6.29 Å². The molecule has 3 heterocycles. The number of nitrogens with one attached hydrogen (secondary N) is 1. The summed E-state index contributed by atoms with van der Waals surface area (Å²) in [6.45, 7) is 1.39. The molecule has 0 saturated carbocycles. The van der Waals surface area contributed by atoms with Gasteiger partial charge in [0.05, 0.1) is 12.2 Å². The van der Waals surface area contributed by atoms with Crippen molar-refractivity contribution in [1.82, 2.24) is 15.0 Å². The summed E-state index contributed by atoms with van der Waals surface area (Å²) in [5.74, 6) is -0.112. The second kappa shape index (κ2) is 5.71. The van der Waals surface area contributed by atoms with E-state index in [2.05, 4.69) is 10.5 Å². The van der Waals surface area contributed by atoms with E-state index in [4.69, 9.17) is 9.57 Å². The van der Waals surface area contributed by atoms with Crippen molar-refractivity contribution in [3.63, 3.8) is 0 Å². The quantitative estimate of drug-likeness (QED) is 0.829. The van der Waals surface area contributed by atoms with E-state index in [1.807, 2.05) is 10.8 Å². The molecule has 19 heavy (non-hydrogen) atoms. The molecule has 1 aromatic rings. The van der Waals surface area contributed by atoms with Gasteiger partial charge in [-0.1, -0.05) is 0 Å². The van der Waals surface area contributed by atoms with Gasteiger partial charge in [0.25, 0.3) is 0 Å². The average Bonchev–Trinajstić information content (AvgIpc) is 2.93. The zero-order valence-electron chi connectivity index (χ0n) is 10.9. The molecule has 6 nitrogen and oxygen atoms in total. The summed E-state index contributed by atoms with van der Waals surface area (Å²) < 4.78 is 7.44. The van der Waals surface area contributed by atoms with Crippen molar-refractivity contribution >= 4 is 5.91 Å². The van der Waals surface area contributed by atoms with Gasteiger partial charge < -0.3 is 9.30 Å². The minimum absolute atomic E-state index is 0.0507. The Kier molecular flexibility index (Phi) is 3.79. The summed E-state index contributed by atoms with van der Waals surface area (Å²) in [4.78, 5) is 21.5. The van der Waals surface area contributed by atoms with Crippen LogP contribution >= 0.6 is 0 Å². The molecule has 0 spiro atoms. The van der Waals surface area contributed by atoms with E-state index >= 15 is 0 Å². The molecule has 0 bridgehead atoms. The first kappa shape index (κ1) is 12.6. The van der Waals surface area contributed by atoms with Gasteiger partial charge in [-0.25, -0.2) is 15.3 Å². The van der Waals surface area contributed by atoms with Crippen LogP contribution in [0.5, 0.6) is 0 Å². The number of ether oxygens (including phenoxy) is 1. The molecular weight excluding hydrogens is 246 g/mol. The van der Waals surface area contributed by atoms with Crippen LogP contribution in [0, 0.1) is 5.92 Å². The Morgan fingerprint density at radius 2 is 2.42 bits per heavy atom. The minimum atomic E-state index is -0.287. The number of aryl methyl sites for hydroxylation is 1. The van der Waals surface area contributed by atoms with Gasteiger partial charge in [-0.05, 0) is 25.7 Å². The van der Waals surface area contributed by atoms with E-state index in [1.165, 1.54) is 5.69 Å². The highest BCUT2D eigenvalue weighted by Crippen LogP contribution is 2.20. The van der Waals surface area contributed by atoms with Crippen molar-refractivity contribution in [3.05, 3.63) is 18.2 Å². The maximum Gasteiger partial charge on any atom is 0.248 e. The lowest BCUT2D eigenvalue weighted by atomic mass is 9.98. The van der Waals surface area contributed by atoms with Crippen LogP contribution in [0.15, 0.2) is 12.5 Å². The van der Waals surface area contributed by atoms with Crippen molar-refractivity contribution in [1.29, 1.82) is 0 Å². The zero-order chi connectivity index (χ0) is 13.1. The number of carbonyl (C=O) groups excluding carboxylic acids is 1. The van der Waals surface area contributed by atoms with E-state index in [0.29, 0.717) is 13.2 Å². The van der Waals surface area contributed by atoms with E-state index in [9.17, 15) is 4.79 Å². The number of nitrogens with zero attached hydrogens (tertiary/aromatic N) is 2. The average molecular weight is 265 g/mol. The van der Waals surface area contributed by atoms with E-state index < -0.39 is 0 Å². The fourth-order valence-electron chi connectivity index (χ4n) is 2.60. The molecule has 2 aliphatic rings. The van der Waals surface area contributed by atoms with Gasteiger partial charge in [0, 0.05) is 31.5 Å². The van der Waals surface area contributed by atoms with Gasteiger partial charge >= 0.3 is 0 Å². The Balaban J connectivity index is 1.48. The molecule has 6 heteroatoms. The lowest BCUT2D eigenvalue weighted by molar-refractivity contribution is -0.202. The highest BCUT2D eigenvalue weighted by atomic mass is 16.8. The summed E-state index contributed by atoms with van der Waals surface area (Å²) in [7, 11) is 0. The van der Waals surface area contributed by atoms with Gasteiger partial charge in [-0.2, -0.15) is 0 Å². The Labute approximate surface area is 112 Å². The number of rotatable bonds is 3. The van der Waals surface area contributed by atoms with Crippen molar-refractivity contribution < 1.29 is 14.4 Å². The lowest BCUT2D eigenvalue weighted by Gasteiger charge is -2.25. The van der Waals surface area contributed by atoms with Crippen LogP contribution in [0.3, 0.4) is 0 Å². The van der Waals surface area contributed by atoms with Crippen LogP contribution in [-0.2, 0) is 27.3 Å². The van der Waals surface area contributed by atoms with Crippen molar-refractivity contribution in [2.45, 2.75) is 44.9 Å². The third kappa shape index (κ3) is 2.96. The first-order valence-electron chi connectivity index (χ1n) is 6.89. The standard InChI is InChI=1S/C13H19N3O3/c17-13(15-19-12-3-1-2-6-18-12)10-4-5-11-7-14-9-16(11)8-10/h7,9-10,12H,1-6,8H2,(H,15,17). The van der Waals surface area contributed by atoms with Crippen molar-refractivity contribution in [2.75, 3.05) is 6.61 Å². The van der Waals surface area contributed by atoms with Crippen LogP contribution in [0.25, 0.3) is 0 Å². The van der Waals surface area contributed by atoms with E-state index in [1.54, 1.807) is 6.33 Å². The van der Waals surface area contributed by atoms with Gasteiger partial charge in [-0.15, -0.1) is 0 Å². The third-order valence-corrected chi connectivity index (χ3v) is 3.76. The molecule has 2 atom stereocenters. The normalized spacial score (nSPS) is 26.7. The predicted octanol–water partition coefficient (Wildman–Crippen LogP) is 1.02. The van der Waals surface area contributed by atoms with Crippen LogP contribution in [0.4, 0.5) is 0 Å². The summed E-state index contributed by atoms with van der Waals surface area (Å²) in [5, 5.41) is 0. The summed E-state index contributed by atoms with van der Waals surface area (Å²) in [6, 6.07) is 0. The summed E-state index contributed by atoms with van der Waals surface area (Å²) in [5.41, 5.74) is 3.74. The SMILES string of the molecule is O=C(NOC1CCCCO1)C1CCc2cncn2C1. The molecule has 1 saturated heterocycles. The first-order valence-corrected chi connectivity index (χ1v) is 6.89. The Bertz CT molecular complexity index is 440. The lowest BCUT2D eigenvalue weighted by Crippen LogP contribution is -2.39. The van der Waals surface area contributed by atoms with E-state index in [0.717, 1.165) is 32.1 Å².